The molecule has 5 nitrogen and oxygen atoms in total. The van der Waals surface area contributed by atoms with Crippen molar-refractivity contribution in [2.24, 2.45) is 4.99 Å². The second kappa shape index (κ2) is 8.22. The van der Waals surface area contributed by atoms with Crippen molar-refractivity contribution in [2.45, 2.75) is 50.1 Å². The Labute approximate surface area is 198 Å². The number of unbranched alkanes of at least 4 members (excludes halogenated alkanes) is 1. The number of aryl methyl sites for hydroxylation is 1. The maximum atomic E-state index is 14.3. The lowest BCUT2D eigenvalue weighted by Crippen LogP contribution is -2.39. The molecule has 0 saturated carbocycles. The minimum atomic E-state index is -4.01. The zero-order valence-corrected chi connectivity index (χ0v) is 19.9. The quantitative estimate of drug-likeness (QED) is 0.408. The van der Waals surface area contributed by atoms with Crippen LogP contribution >= 0.6 is 11.6 Å². The number of sulfonamides is 1. The highest BCUT2D eigenvalue weighted by atomic mass is 35.5. The first-order chi connectivity index (χ1) is 15.8. The maximum Gasteiger partial charge on any atom is 0.265 e. The van der Waals surface area contributed by atoms with Crippen molar-refractivity contribution in [3.05, 3.63) is 88.0 Å². The highest BCUT2D eigenvalue weighted by Gasteiger charge is 2.46. The van der Waals surface area contributed by atoms with Crippen molar-refractivity contribution in [3.8, 4) is 0 Å². The first-order valence-electron chi connectivity index (χ1n) is 10.9. The summed E-state index contributed by atoms with van der Waals surface area (Å²) in [4.78, 5) is 9.35. The van der Waals surface area contributed by atoms with Crippen molar-refractivity contribution in [1.29, 1.82) is 0 Å². The van der Waals surface area contributed by atoms with E-state index in [1.165, 1.54) is 22.6 Å². The predicted octanol–water partition coefficient (Wildman–Crippen LogP) is 6.17. The first-order valence-corrected chi connectivity index (χ1v) is 12.8. The molecule has 3 aromatic rings. The van der Waals surface area contributed by atoms with E-state index in [4.69, 9.17) is 16.6 Å². The molecule has 170 valence electrons. The van der Waals surface area contributed by atoms with E-state index in [0.717, 1.165) is 29.7 Å². The molecule has 8 heteroatoms. The Balaban J connectivity index is 1.83. The Morgan fingerprint density at radius 3 is 2.58 bits per heavy atom. The molecule has 0 saturated heterocycles. The van der Waals surface area contributed by atoms with Gasteiger partial charge in [-0.2, -0.15) is 0 Å². The lowest BCUT2D eigenvalue weighted by Gasteiger charge is -2.34. The number of benzene rings is 2. The van der Waals surface area contributed by atoms with E-state index in [1.807, 2.05) is 6.92 Å². The van der Waals surface area contributed by atoms with Gasteiger partial charge in [-0.05, 0) is 61.2 Å². The molecule has 0 N–H and O–H groups in total. The summed E-state index contributed by atoms with van der Waals surface area (Å²) in [5, 5.41) is 0.165. The average molecular weight is 484 g/mol. The van der Waals surface area contributed by atoms with Crippen LogP contribution in [0.1, 0.15) is 60.5 Å². The average Bonchev–Trinajstić information content (AvgIpc) is 3.01. The number of aromatic nitrogens is 1. The largest absolute Gasteiger partial charge is 0.278 e. The minimum Gasteiger partial charge on any atom is -0.278 e. The smallest absolute Gasteiger partial charge is 0.265 e. The molecule has 2 bridgehead atoms. The Bertz CT molecular complexity index is 1370. The fourth-order valence-corrected chi connectivity index (χ4v) is 6.57. The summed E-state index contributed by atoms with van der Waals surface area (Å²) in [6, 6.07) is 11.6. The summed E-state index contributed by atoms with van der Waals surface area (Å²) in [6.45, 7) is 3.99. The molecule has 0 unspecified atom stereocenters. The number of rotatable bonds is 5. The van der Waals surface area contributed by atoms with Gasteiger partial charge in [0.2, 0.25) is 0 Å². The van der Waals surface area contributed by atoms with Gasteiger partial charge in [-0.1, -0.05) is 48.7 Å². The van der Waals surface area contributed by atoms with Gasteiger partial charge in [-0.3, -0.25) is 9.30 Å². The number of halogens is 2. The Morgan fingerprint density at radius 2 is 1.85 bits per heavy atom. The maximum absolute atomic E-state index is 14.3. The van der Waals surface area contributed by atoms with Gasteiger partial charge in [0.1, 0.15) is 23.1 Å². The fourth-order valence-electron chi connectivity index (χ4n) is 4.67. The van der Waals surface area contributed by atoms with Crippen LogP contribution in [-0.2, 0) is 10.0 Å². The lowest BCUT2D eigenvalue weighted by atomic mass is 9.87. The molecule has 0 amide bonds. The SMILES string of the molecule is CCCCC1=N[C@H]2c3cc(F)ccc3[C@@H]1N(S(=O)(=O)c1ccc(C)cc1)c1ccnc(Cl)c12. The number of anilines is 1. The van der Waals surface area contributed by atoms with Crippen LogP contribution in [0.3, 0.4) is 0 Å². The normalized spacial score (nSPS) is 19.0. The van der Waals surface area contributed by atoms with Crippen LogP contribution in [0.4, 0.5) is 10.1 Å². The Morgan fingerprint density at radius 1 is 1.09 bits per heavy atom. The van der Waals surface area contributed by atoms with E-state index in [0.29, 0.717) is 23.2 Å². The van der Waals surface area contributed by atoms with Crippen LogP contribution < -0.4 is 4.31 Å². The number of hydrogen-bond donors (Lipinski definition) is 0. The van der Waals surface area contributed by atoms with Crippen LogP contribution in [0.15, 0.2) is 64.6 Å². The van der Waals surface area contributed by atoms with Crippen molar-refractivity contribution in [1.82, 2.24) is 4.98 Å². The van der Waals surface area contributed by atoms with E-state index in [9.17, 15) is 12.8 Å². The minimum absolute atomic E-state index is 0.165. The summed E-state index contributed by atoms with van der Waals surface area (Å²) in [6.07, 6.45) is 3.93. The lowest BCUT2D eigenvalue weighted by molar-refractivity contribution is 0.587. The van der Waals surface area contributed by atoms with Crippen molar-refractivity contribution >= 4 is 33.0 Å². The van der Waals surface area contributed by atoms with E-state index in [-0.39, 0.29) is 10.0 Å². The topological polar surface area (TPSA) is 62.6 Å². The molecule has 2 atom stereocenters. The number of aliphatic imine (C=N–C) groups is 1. The summed E-state index contributed by atoms with van der Waals surface area (Å²) in [5.41, 5.74) is 3.98. The van der Waals surface area contributed by atoms with Crippen LogP contribution in [0.2, 0.25) is 5.15 Å². The summed E-state index contributed by atoms with van der Waals surface area (Å²) < 4.78 is 44.0. The third kappa shape index (κ3) is 3.54. The molecular formula is C25H23ClFN3O2S. The molecule has 0 aliphatic carbocycles. The van der Waals surface area contributed by atoms with Crippen LogP contribution in [0, 0.1) is 12.7 Å². The number of hydrogen-bond acceptors (Lipinski definition) is 4. The molecular weight excluding hydrogens is 461 g/mol. The van der Waals surface area contributed by atoms with Crippen LogP contribution in [0.5, 0.6) is 0 Å². The molecule has 0 fully saturated rings. The fraction of sp³-hybridized carbons (Fsp3) is 0.280. The van der Waals surface area contributed by atoms with Gasteiger partial charge in [0.05, 0.1) is 10.6 Å². The molecule has 3 heterocycles. The number of nitrogens with zero attached hydrogens (tertiary/aromatic N) is 3. The van der Waals surface area contributed by atoms with Gasteiger partial charge in [0.25, 0.3) is 10.0 Å². The van der Waals surface area contributed by atoms with Gasteiger partial charge >= 0.3 is 0 Å². The summed E-state index contributed by atoms with van der Waals surface area (Å²) in [7, 11) is -4.01. The predicted molar refractivity (Wildman–Crippen MR) is 128 cm³/mol. The number of fused-ring (bicyclic) bond motifs is 2. The van der Waals surface area contributed by atoms with Crippen molar-refractivity contribution in [2.75, 3.05) is 4.31 Å². The van der Waals surface area contributed by atoms with Gasteiger partial charge in [-0.25, -0.2) is 17.8 Å². The Kier molecular flexibility index (Phi) is 5.49. The van der Waals surface area contributed by atoms with Gasteiger partial charge in [0.15, 0.2) is 0 Å². The van der Waals surface area contributed by atoms with Gasteiger partial charge in [0, 0.05) is 17.5 Å². The van der Waals surface area contributed by atoms with Gasteiger partial charge < -0.3 is 0 Å². The zero-order valence-electron chi connectivity index (χ0n) is 18.3. The van der Waals surface area contributed by atoms with E-state index in [1.54, 1.807) is 36.4 Å². The van der Waals surface area contributed by atoms with Crippen LogP contribution in [-0.4, -0.2) is 19.1 Å². The Hall–Kier alpha value is -2.77. The summed E-state index contributed by atoms with van der Waals surface area (Å²) in [5.74, 6) is -0.402. The number of pyridine rings is 1. The standard InChI is InChI=1S/C25H23ClFN3O2S/c1-3-4-5-20-24-18-11-8-16(27)14-19(18)23(29-20)22-21(12-13-28-25(22)26)30(24)33(31,32)17-9-6-15(2)7-10-17/h6-14,23-24H,3-5H2,1-2H3/t23-,24-/m0/s1. The second-order valence-corrected chi connectivity index (χ2v) is 10.6. The van der Waals surface area contributed by atoms with E-state index in [2.05, 4.69) is 11.9 Å². The van der Waals surface area contributed by atoms with Crippen molar-refractivity contribution < 1.29 is 12.8 Å². The molecule has 2 aliphatic rings. The molecule has 0 radical (unpaired) electrons. The third-order valence-electron chi connectivity index (χ3n) is 6.28. The van der Waals surface area contributed by atoms with Gasteiger partial charge in [-0.15, -0.1) is 0 Å². The molecule has 2 aromatic carbocycles. The molecule has 33 heavy (non-hydrogen) atoms. The molecule has 2 aliphatic heterocycles. The van der Waals surface area contributed by atoms with E-state index >= 15 is 0 Å². The molecule has 0 spiro atoms. The zero-order chi connectivity index (χ0) is 23.3. The third-order valence-corrected chi connectivity index (χ3v) is 8.37. The first kappa shape index (κ1) is 22.0. The van der Waals surface area contributed by atoms with Crippen molar-refractivity contribution in [3.63, 3.8) is 0 Å². The highest BCUT2D eigenvalue weighted by molar-refractivity contribution is 7.92. The molecule has 5 rings (SSSR count). The highest BCUT2D eigenvalue weighted by Crippen LogP contribution is 2.52. The van der Waals surface area contributed by atoms with E-state index < -0.39 is 27.9 Å². The monoisotopic (exact) mass is 483 g/mol. The second-order valence-electron chi connectivity index (χ2n) is 8.45. The molecule has 1 aromatic heterocycles. The summed E-state index contributed by atoms with van der Waals surface area (Å²) >= 11 is 6.55. The van der Waals surface area contributed by atoms with Crippen LogP contribution in [0.25, 0.3) is 0 Å².